The Hall–Kier alpha value is -3.61. The number of hydrogen-bond acceptors (Lipinski definition) is 6. The summed E-state index contributed by atoms with van der Waals surface area (Å²) < 4.78 is 29.9. The first-order chi connectivity index (χ1) is 15.9. The van der Waals surface area contributed by atoms with E-state index >= 15 is 0 Å². The van der Waals surface area contributed by atoms with Crippen molar-refractivity contribution in [2.75, 3.05) is 14.2 Å². The van der Waals surface area contributed by atoms with Gasteiger partial charge in [0, 0.05) is 29.3 Å². The van der Waals surface area contributed by atoms with Crippen LogP contribution in [-0.4, -0.2) is 26.0 Å². The van der Waals surface area contributed by atoms with Gasteiger partial charge in [0.1, 0.15) is 12.4 Å². The molecule has 4 rings (SSSR count). The van der Waals surface area contributed by atoms with E-state index in [1.165, 1.54) is 26.4 Å². The fourth-order valence-corrected chi connectivity index (χ4v) is 4.47. The van der Waals surface area contributed by atoms with Gasteiger partial charge in [-0.3, -0.25) is 4.79 Å². The third-order valence-electron chi connectivity index (χ3n) is 5.99. The molecule has 2 aromatic rings. The first kappa shape index (κ1) is 22.6. The molecule has 1 aliphatic heterocycles. The van der Waals surface area contributed by atoms with Crippen LogP contribution in [0.25, 0.3) is 0 Å². The maximum Gasteiger partial charge on any atom is 0.336 e. The Morgan fingerprint density at radius 2 is 1.94 bits per heavy atom. The van der Waals surface area contributed by atoms with E-state index in [2.05, 4.69) is 5.32 Å². The molecule has 0 aromatic heterocycles. The largest absolute Gasteiger partial charge is 0.493 e. The number of nitrogens with one attached hydrogen (secondary N) is 1. The van der Waals surface area contributed by atoms with Crippen molar-refractivity contribution in [1.29, 1.82) is 0 Å². The summed E-state index contributed by atoms with van der Waals surface area (Å²) in [6, 6.07) is 11.5. The summed E-state index contributed by atoms with van der Waals surface area (Å²) in [5.41, 5.74) is 3.95. The van der Waals surface area contributed by atoms with Crippen molar-refractivity contribution in [3.63, 3.8) is 0 Å². The lowest BCUT2D eigenvalue weighted by atomic mass is 9.75. The molecule has 0 bridgehead atoms. The molecule has 0 saturated heterocycles. The Morgan fingerprint density at radius 3 is 2.67 bits per heavy atom. The number of carbonyl (C=O) groups excluding carboxylic acids is 2. The van der Waals surface area contributed by atoms with Gasteiger partial charge in [0.15, 0.2) is 17.3 Å². The molecule has 1 atom stereocenters. The van der Waals surface area contributed by atoms with E-state index in [-0.39, 0.29) is 18.2 Å². The second kappa shape index (κ2) is 9.48. The number of allylic oxidation sites excluding steroid dienone is 3. The number of esters is 1. The lowest BCUT2D eigenvalue weighted by molar-refractivity contribution is -0.136. The molecule has 0 unspecified atom stereocenters. The number of Topliss-reactive ketones (excluding diaryl/α,β-unsaturated/α-hetero) is 1. The Morgan fingerprint density at radius 1 is 1.12 bits per heavy atom. The van der Waals surface area contributed by atoms with Crippen molar-refractivity contribution in [2.24, 2.45) is 0 Å². The molecule has 0 saturated carbocycles. The van der Waals surface area contributed by atoms with E-state index in [1.54, 1.807) is 24.3 Å². The van der Waals surface area contributed by atoms with Crippen LogP contribution in [0.4, 0.5) is 4.39 Å². The molecule has 1 heterocycles. The van der Waals surface area contributed by atoms with Gasteiger partial charge in [0.2, 0.25) is 0 Å². The highest BCUT2D eigenvalue weighted by Gasteiger charge is 2.39. The van der Waals surface area contributed by atoms with E-state index < -0.39 is 11.9 Å². The predicted molar refractivity (Wildman–Crippen MR) is 120 cm³/mol. The SMILES string of the molecule is COC(=O)C1=C(C)NC2=C(C(=O)CCC2)[C@@H]1c1ccc(OCc2cccc(F)c2)c(OC)c1. The number of dihydropyridines is 1. The van der Waals surface area contributed by atoms with Gasteiger partial charge < -0.3 is 19.5 Å². The molecule has 6 nitrogen and oxygen atoms in total. The summed E-state index contributed by atoms with van der Waals surface area (Å²) in [5, 5.41) is 3.25. The highest BCUT2D eigenvalue weighted by molar-refractivity contribution is 6.03. The summed E-state index contributed by atoms with van der Waals surface area (Å²) >= 11 is 0. The fourth-order valence-electron chi connectivity index (χ4n) is 4.47. The molecule has 172 valence electrons. The van der Waals surface area contributed by atoms with Crippen molar-refractivity contribution in [1.82, 2.24) is 5.32 Å². The third kappa shape index (κ3) is 4.49. The first-order valence-electron chi connectivity index (χ1n) is 10.8. The minimum Gasteiger partial charge on any atom is -0.493 e. The summed E-state index contributed by atoms with van der Waals surface area (Å²) in [5.74, 6) is -0.428. The summed E-state index contributed by atoms with van der Waals surface area (Å²) in [7, 11) is 2.85. The van der Waals surface area contributed by atoms with E-state index in [0.29, 0.717) is 40.3 Å². The fraction of sp³-hybridized carbons (Fsp3) is 0.308. The molecular weight excluding hydrogens is 425 g/mol. The van der Waals surface area contributed by atoms with Crippen LogP contribution in [0.1, 0.15) is 43.2 Å². The third-order valence-corrected chi connectivity index (χ3v) is 5.99. The topological polar surface area (TPSA) is 73.9 Å². The van der Waals surface area contributed by atoms with Gasteiger partial charge in [-0.2, -0.15) is 0 Å². The second-order valence-electron chi connectivity index (χ2n) is 8.09. The molecule has 7 heteroatoms. The highest BCUT2D eigenvalue weighted by atomic mass is 19.1. The monoisotopic (exact) mass is 451 g/mol. The van der Waals surface area contributed by atoms with Gasteiger partial charge in [-0.15, -0.1) is 0 Å². The lowest BCUT2D eigenvalue weighted by Gasteiger charge is -2.34. The van der Waals surface area contributed by atoms with Crippen molar-refractivity contribution in [3.8, 4) is 11.5 Å². The summed E-state index contributed by atoms with van der Waals surface area (Å²) in [6.45, 7) is 1.98. The normalized spacial score (nSPS) is 17.9. The number of rotatable bonds is 6. The van der Waals surface area contributed by atoms with Crippen molar-refractivity contribution < 1.29 is 28.2 Å². The quantitative estimate of drug-likeness (QED) is 0.650. The highest BCUT2D eigenvalue weighted by Crippen LogP contribution is 2.44. The number of hydrogen-bond donors (Lipinski definition) is 1. The summed E-state index contributed by atoms with van der Waals surface area (Å²) in [4.78, 5) is 25.6. The van der Waals surface area contributed by atoms with Gasteiger partial charge in [-0.1, -0.05) is 18.2 Å². The molecule has 33 heavy (non-hydrogen) atoms. The second-order valence-corrected chi connectivity index (χ2v) is 8.09. The number of halogens is 1. The minimum atomic E-state index is -0.562. The smallest absolute Gasteiger partial charge is 0.336 e. The van der Waals surface area contributed by atoms with E-state index in [4.69, 9.17) is 14.2 Å². The van der Waals surface area contributed by atoms with Crippen LogP contribution in [0.2, 0.25) is 0 Å². The molecule has 1 N–H and O–H groups in total. The molecule has 0 radical (unpaired) electrons. The van der Waals surface area contributed by atoms with Gasteiger partial charge >= 0.3 is 5.97 Å². The van der Waals surface area contributed by atoms with Crippen molar-refractivity contribution in [3.05, 3.63) is 81.9 Å². The summed E-state index contributed by atoms with van der Waals surface area (Å²) in [6.07, 6.45) is 1.96. The van der Waals surface area contributed by atoms with Crippen LogP contribution < -0.4 is 14.8 Å². The standard InChI is InChI=1S/C26H26FNO5/c1-15-23(26(30)32-3)24(25-19(28-15)8-5-9-20(25)29)17-10-11-21(22(13-17)31-2)33-14-16-6-4-7-18(27)12-16/h4,6-7,10-13,24,28H,5,8-9,14H2,1-3H3/t24-/m1/s1. The molecule has 0 spiro atoms. The molecular formula is C26H26FNO5. The molecule has 2 aliphatic rings. The maximum absolute atomic E-state index is 13.5. The zero-order valence-corrected chi connectivity index (χ0v) is 18.9. The first-order valence-corrected chi connectivity index (χ1v) is 10.8. The van der Waals surface area contributed by atoms with Crippen LogP contribution in [0.15, 0.2) is 65.0 Å². The molecule has 0 fully saturated rings. The van der Waals surface area contributed by atoms with E-state index in [0.717, 1.165) is 24.1 Å². The maximum atomic E-state index is 13.5. The zero-order valence-electron chi connectivity index (χ0n) is 18.9. The average molecular weight is 451 g/mol. The Labute approximate surface area is 192 Å². The van der Waals surface area contributed by atoms with Crippen molar-refractivity contribution in [2.45, 2.75) is 38.7 Å². The zero-order chi connectivity index (χ0) is 23.5. The number of ketones is 1. The van der Waals surface area contributed by atoms with Crippen LogP contribution in [-0.2, 0) is 20.9 Å². The Bertz CT molecular complexity index is 1170. The van der Waals surface area contributed by atoms with E-state index in [1.807, 2.05) is 13.0 Å². The molecule has 2 aromatic carbocycles. The van der Waals surface area contributed by atoms with Gasteiger partial charge in [0.05, 0.1) is 19.8 Å². The Balaban J connectivity index is 1.72. The van der Waals surface area contributed by atoms with Crippen LogP contribution >= 0.6 is 0 Å². The van der Waals surface area contributed by atoms with Crippen LogP contribution in [0, 0.1) is 5.82 Å². The Kier molecular flexibility index (Phi) is 6.49. The van der Waals surface area contributed by atoms with Gasteiger partial charge in [-0.25, -0.2) is 9.18 Å². The number of methoxy groups -OCH3 is 2. The molecule has 0 amide bonds. The van der Waals surface area contributed by atoms with Crippen molar-refractivity contribution >= 4 is 11.8 Å². The van der Waals surface area contributed by atoms with Gasteiger partial charge in [-0.05, 0) is 55.2 Å². The minimum absolute atomic E-state index is 0.0213. The van der Waals surface area contributed by atoms with E-state index in [9.17, 15) is 14.0 Å². The van der Waals surface area contributed by atoms with Crippen LogP contribution in [0.5, 0.6) is 11.5 Å². The van der Waals surface area contributed by atoms with Crippen LogP contribution in [0.3, 0.4) is 0 Å². The number of benzene rings is 2. The lowest BCUT2D eigenvalue weighted by Crippen LogP contribution is -2.34. The average Bonchev–Trinajstić information content (AvgIpc) is 2.81. The van der Waals surface area contributed by atoms with Gasteiger partial charge in [0.25, 0.3) is 0 Å². The predicted octanol–water partition coefficient (Wildman–Crippen LogP) is 4.55. The number of ether oxygens (including phenoxy) is 3. The number of carbonyl (C=O) groups is 2. The molecule has 1 aliphatic carbocycles.